The summed E-state index contributed by atoms with van der Waals surface area (Å²) in [4.78, 5) is 14.2. The minimum atomic E-state index is -3.55. The number of nitrogens with zero attached hydrogens (tertiary/aromatic N) is 1. The first kappa shape index (κ1) is 18.0. The molecule has 1 aliphatic carbocycles. The van der Waals surface area contributed by atoms with Crippen molar-refractivity contribution in [3.8, 4) is 0 Å². The first-order chi connectivity index (χ1) is 12.1. The van der Waals surface area contributed by atoms with Gasteiger partial charge in [0, 0.05) is 19.0 Å². The number of benzene rings is 1. The molecule has 2 aliphatic heterocycles. The van der Waals surface area contributed by atoms with Gasteiger partial charge >= 0.3 is 0 Å². The summed E-state index contributed by atoms with van der Waals surface area (Å²) in [5.41, 5.74) is 3.12. The lowest BCUT2D eigenvalue weighted by atomic mass is 9.71. The Morgan fingerprint density at radius 3 is 2.50 bits per heavy atom. The van der Waals surface area contributed by atoms with Crippen LogP contribution in [0.2, 0.25) is 0 Å². The minimum absolute atomic E-state index is 0.0126. The van der Waals surface area contributed by atoms with E-state index in [0.29, 0.717) is 30.2 Å². The van der Waals surface area contributed by atoms with Crippen molar-refractivity contribution >= 4 is 21.6 Å². The molecule has 1 fully saturated rings. The number of aryl methyl sites for hydroxylation is 1. The maximum Gasteiger partial charge on any atom is 0.240 e. The van der Waals surface area contributed by atoms with E-state index in [1.807, 2.05) is 4.90 Å². The van der Waals surface area contributed by atoms with Crippen molar-refractivity contribution in [1.29, 1.82) is 0 Å². The highest BCUT2D eigenvalue weighted by Gasteiger charge is 2.36. The number of hydrogen-bond donors (Lipinski definition) is 1. The first-order valence-electron chi connectivity index (χ1n) is 9.63. The Balaban J connectivity index is 1.62. The van der Waals surface area contributed by atoms with Crippen molar-refractivity contribution in [3.05, 3.63) is 23.3 Å². The van der Waals surface area contributed by atoms with Gasteiger partial charge in [-0.15, -0.1) is 0 Å². The molecule has 1 N–H and O–H groups in total. The predicted molar refractivity (Wildman–Crippen MR) is 102 cm³/mol. The molecule has 1 saturated carbocycles. The van der Waals surface area contributed by atoms with Crippen molar-refractivity contribution in [3.63, 3.8) is 0 Å². The van der Waals surface area contributed by atoms with Crippen LogP contribution in [0.15, 0.2) is 17.0 Å². The molecule has 0 aromatic heterocycles. The summed E-state index contributed by atoms with van der Waals surface area (Å²) in [5, 5.41) is 0. The van der Waals surface area contributed by atoms with Gasteiger partial charge in [0.15, 0.2) is 0 Å². The molecule has 0 spiro atoms. The van der Waals surface area contributed by atoms with Gasteiger partial charge in [0.2, 0.25) is 15.9 Å². The molecule has 3 aliphatic rings. The zero-order chi connectivity index (χ0) is 18.7. The van der Waals surface area contributed by atoms with Gasteiger partial charge in [-0.2, -0.15) is 0 Å². The average molecular weight is 377 g/mol. The smallest absolute Gasteiger partial charge is 0.240 e. The monoisotopic (exact) mass is 376 g/mol. The Kier molecular flexibility index (Phi) is 4.19. The Morgan fingerprint density at radius 1 is 1.12 bits per heavy atom. The number of rotatable bonds is 3. The van der Waals surface area contributed by atoms with E-state index in [1.165, 1.54) is 0 Å². The zero-order valence-electron chi connectivity index (χ0n) is 15.8. The summed E-state index contributed by atoms with van der Waals surface area (Å²) in [6.07, 6.45) is 4.74. The molecular formula is C20H28N2O3S. The quantitative estimate of drug-likeness (QED) is 0.882. The fourth-order valence-electron chi connectivity index (χ4n) is 5.30. The van der Waals surface area contributed by atoms with Crippen molar-refractivity contribution < 1.29 is 13.2 Å². The number of anilines is 1. The number of carbonyl (C=O) groups is 1. The van der Waals surface area contributed by atoms with E-state index >= 15 is 0 Å². The Morgan fingerprint density at radius 2 is 1.81 bits per heavy atom. The lowest BCUT2D eigenvalue weighted by molar-refractivity contribution is -0.118. The first-order valence-corrected chi connectivity index (χ1v) is 11.1. The molecule has 1 aromatic rings. The van der Waals surface area contributed by atoms with Crippen molar-refractivity contribution in [1.82, 2.24) is 4.72 Å². The lowest BCUT2D eigenvalue weighted by Crippen LogP contribution is -2.43. The molecule has 0 unspecified atom stereocenters. The standard InChI is InChI=1S/C20H28N2O3S/c1-13-8-16(12-20(2,3)11-13)21-26(24,25)17-9-14-4-5-18(23)22-7-6-15(10-17)19(14)22/h9-10,13,16,21H,4-8,11-12H2,1-3H3/t13-,16+/m1/s1. The van der Waals surface area contributed by atoms with Gasteiger partial charge in [0.25, 0.3) is 0 Å². The predicted octanol–water partition coefficient (Wildman–Crippen LogP) is 3.02. The minimum Gasteiger partial charge on any atom is -0.312 e. The van der Waals surface area contributed by atoms with Crippen molar-refractivity contribution in [2.45, 2.75) is 70.2 Å². The highest BCUT2D eigenvalue weighted by Crippen LogP contribution is 2.40. The zero-order valence-corrected chi connectivity index (χ0v) is 16.7. The number of nitrogens with one attached hydrogen (secondary N) is 1. The van der Waals surface area contributed by atoms with Gasteiger partial charge < -0.3 is 4.90 Å². The highest BCUT2D eigenvalue weighted by molar-refractivity contribution is 7.89. The van der Waals surface area contributed by atoms with Gasteiger partial charge in [-0.3, -0.25) is 4.79 Å². The topological polar surface area (TPSA) is 66.5 Å². The van der Waals surface area contributed by atoms with Crippen LogP contribution in [0.3, 0.4) is 0 Å². The van der Waals surface area contributed by atoms with Gasteiger partial charge in [0.1, 0.15) is 0 Å². The molecule has 2 atom stereocenters. The normalized spacial score (nSPS) is 27.5. The number of hydrogen-bond acceptors (Lipinski definition) is 3. The van der Waals surface area contributed by atoms with E-state index in [4.69, 9.17) is 0 Å². The fraction of sp³-hybridized carbons (Fsp3) is 0.650. The summed E-state index contributed by atoms with van der Waals surface area (Å²) in [5.74, 6) is 0.676. The molecule has 6 heteroatoms. The summed E-state index contributed by atoms with van der Waals surface area (Å²) in [6.45, 7) is 7.31. The summed E-state index contributed by atoms with van der Waals surface area (Å²) < 4.78 is 29.1. The van der Waals surface area contributed by atoms with Crippen molar-refractivity contribution in [2.24, 2.45) is 11.3 Å². The SMILES string of the molecule is C[C@@H]1C[C@H](NS(=O)(=O)c2cc3c4c(c2)CCN4C(=O)CC3)CC(C)(C)C1. The number of carbonyl (C=O) groups excluding carboxylic acids is 1. The van der Waals surface area contributed by atoms with Crippen LogP contribution < -0.4 is 9.62 Å². The molecule has 1 aromatic carbocycles. The van der Waals surface area contributed by atoms with Crippen LogP contribution in [0.4, 0.5) is 5.69 Å². The summed E-state index contributed by atoms with van der Waals surface area (Å²) >= 11 is 0. The van der Waals surface area contributed by atoms with Crippen LogP contribution in [0.5, 0.6) is 0 Å². The molecule has 1 amide bonds. The molecule has 0 radical (unpaired) electrons. The second-order valence-electron chi connectivity index (χ2n) is 9.12. The Hall–Kier alpha value is -1.40. The number of amides is 1. The maximum atomic E-state index is 13.1. The third kappa shape index (κ3) is 3.18. The van der Waals surface area contributed by atoms with Crippen LogP contribution in [0, 0.1) is 11.3 Å². The number of sulfonamides is 1. The second kappa shape index (κ2) is 6.06. The van der Waals surface area contributed by atoms with Gasteiger partial charge in [-0.1, -0.05) is 20.8 Å². The fourth-order valence-corrected chi connectivity index (χ4v) is 6.65. The van der Waals surface area contributed by atoms with E-state index in [1.54, 1.807) is 12.1 Å². The summed E-state index contributed by atoms with van der Waals surface area (Å²) in [6, 6.07) is 3.54. The highest BCUT2D eigenvalue weighted by atomic mass is 32.2. The summed E-state index contributed by atoms with van der Waals surface area (Å²) in [7, 11) is -3.55. The van der Waals surface area contributed by atoms with Crippen LogP contribution in [0.25, 0.3) is 0 Å². The van der Waals surface area contributed by atoms with E-state index in [2.05, 4.69) is 25.5 Å². The third-order valence-corrected chi connectivity index (χ3v) is 7.54. The van der Waals surface area contributed by atoms with E-state index in [0.717, 1.165) is 42.5 Å². The second-order valence-corrected chi connectivity index (χ2v) is 10.8. The molecular weight excluding hydrogens is 348 g/mol. The van der Waals surface area contributed by atoms with Crippen LogP contribution in [0.1, 0.15) is 57.6 Å². The third-order valence-electron chi connectivity index (χ3n) is 6.04. The molecule has 142 valence electrons. The molecule has 0 bridgehead atoms. The van der Waals surface area contributed by atoms with Gasteiger partial charge in [-0.25, -0.2) is 13.1 Å². The Bertz CT molecular complexity index is 860. The van der Waals surface area contributed by atoms with E-state index < -0.39 is 10.0 Å². The Labute approximate surface area is 156 Å². The molecule has 5 nitrogen and oxygen atoms in total. The van der Waals surface area contributed by atoms with E-state index in [-0.39, 0.29) is 17.4 Å². The van der Waals surface area contributed by atoms with Crippen LogP contribution in [-0.4, -0.2) is 26.9 Å². The van der Waals surface area contributed by atoms with Crippen molar-refractivity contribution in [2.75, 3.05) is 11.4 Å². The van der Waals surface area contributed by atoms with Crippen LogP contribution >= 0.6 is 0 Å². The average Bonchev–Trinajstić information content (AvgIpc) is 2.93. The maximum absolute atomic E-state index is 13.1. The van der Waals surface area contributed by atoms with Crippen LogP contribution in [-0.2, 0) is 27.7 Å². The van der Waals surface area contributed by atoms with E-state index in [9.17, 15) is 13.2 Å². The van der Waals surface area contributed by atoms with Gasteiger partial charge in [-0.05, 0) is 66.7 Å². The molecule has 0 saturated heterocycles. The molecule has 26 heavy (non-hydrogen) atoms. The lowest BCUT2D eigenvalue weighted by Gasteiger charge is -2.39. The molecule has 2 heterocycles. The molecule has 4 rings (SSSR count). The van der Waals surface area contributed by atoms with Gasteiger partial charge in [0.05, 0.1) is 10.6 Å². The largest absolute Gasteiger partial charge is 0.312 e.